The summed E-state index contributed by atoms with van der Waals surface area (Å²) in [5.74, 6) is 0.112. The Morgan fingerprint density at radius 1 is 1.67 bits per heavy atom. The molecular weight excluding hydrogens is 198 g/mol. The minimum Gasteiger partial charge on any atom is -0.480 e. The molecule has 0 saturated carbocycles. The Morgan fingerprint density at radius 3 is 2.87 bits per heavy atom. The molecule has 15 heavy (non-hydrogen) atoms. The molecule has 1 unspecified atom stereocenters. The molecule has 0 spiro atoms. The number of aliphatic carboxylic acids is 1. The minimum absolute atomic E-state index is 0.314. The lowest BCUT2D eigenvalue weighted by atomic mass is 10.2. The van der Waals surface area contributed by atoms with Crippen molar-refractivity contribution in [3.05, 3.63) is 11.7 Å². The zero-order valence-electron chi connectivity index (χ0n) is 8.86. The Labute approximate surface area is 87.7 Å². The molecule has 1 aromatic heterocycles. The van der Waals surface area contributed by atoms with Crippen LogP contribution >= 0.6 is 0 Å². The van der Waals surface area contributed by atoms with Crippen molar-refractivity contribution < 1.29 is 14.4 Å². The smallest absolute Gasteiger partial charge is 0.320 e. The van der Waals surface area contributed by atoms with Crippen LogP contribution in [0.3, 0.4) is 0 Å². The third kappa shape index (κ3) is 3.67. The van der Waals surface area contributed by atoms with Crippen molar-refractivity contribution in [1.29, 1.82) is 0 Å². The first-order chi connectivity index (χ1) is 7.13. The number of rotatable bonds is 6. The van der Waals surface area contributed by atoms with Gasteiger partial charge in [-0.1, -0.05) is 18.5 Å². The van der Waals surface area contributed by atoms with E-state index < -0.39 is 12.0 Å². The average molecular weight is 213 g/mol. The Bertz CT molecular complexity index is 324. The number of nitrogens with zero attached hydrogens (tertiary/aromatic N) is 2. The highest BCUT2D eigenvalue weighted by molar-refractivity contribution is 5.73. The van der Waals surface area contributed by atoms with Gasteiger partial charge in [0.05, 0.1) is 6.54 Å². The summed E-state index contributed by atoms with van der Waals surface area (Å²) in [6, 6.07) is -0.547. The molecule has 6 heteroatoms. The van der Waals surface area contributed by atoms with Crippen molar-refractivity contribution in [2.24, 2.45) is 0 Å². The van der Waals surface area contributed by atoms with Gasteiger partial charge in [0, 0.05) is 6.92 Å². The molecule has 0 radical (unpaired) electrons. The molecule has 1 atom stereocenters. The van der Waals surface area contributed by atoms with E-state index in [0.717, 1.165) is 6.42 Å². The van der Waals surface area contributed by atoms with Crippen LogP contribution in [0.15, 0.2) is 4.52 Å². The summed E-state index contributed by atoms with van der Waals surface area (Å²) in [4.78, 5) is 14.8. The van der Waals surface area contributed by atoms with Gasteiger partial charge in [0.1, 0.15) is 6.04 Å². The van der Waals surface area contributed by atoms with Crippen molar-refractivity contribution in [2.75, 3.05) is 0 Å². The second kappa shape index (κ2) is 5.45. The van der Waals surface area contributed by atoms with E-state index >= 15 is 0 Å². The fourth-order valence-electron chi connectivity index (χ4n) is 1.23. The van der Waals surface area contributed by atoms with Crippen LogP contribution in [0.1, 0.15) is 31.5 Å². The van der Waals surface area contributed by atoms with Gasteiger partial charge in [0.15, 0.2) is 5.82 Å². The SMILES string of the molecule is CCCC(NCc1noc(C)n1)C(=O)O. The normalized spacial score (nSPS) is 12.7. The topological polar surface area (TPSA) is 88.3 Å². The van der Waals surface area contributed by atoms with E-state index in [1.807, 2.05) is 6.92 Å². The summed E-state index contributed by atoms with van der Waals surface area (Å²) in [6.45, 7) is 3.95. The molecule has 0 aromatic carbocycles. The Hall–Kier alpha value is -1.43. The highest BCUT2D eigenvalue weighted by Crippen LogP contribution is 1.99. The van der Waals surface area contributed by atoms with Crippen molar-refractivity contribution in [3.63, 3.8) is 0 Å². The lowest BCUT2D eigenvalue weighted by Gasteiger charge is -2.11. The van der Waals surface area contributed by atoms with Crippen molar-refractivity contribution in [3.8, 4) is 0 Å². The van der Waals surface area contributed by atoms with E-state index in [1.165, 1.54) is 0 Å². The number of hydrogen-bond donors (Lipinski definition) is 2. The number of aryl methyl sites for hydroxylation is 1. The summed E-state index contributed by atoms with van der Waals surface area (Å²) in [5, 5.41) is 15.4. The van der Waals surface area contributed by atoms with E-state index in [1.54, 1.807) is 6.92 Å². The monoisotopic (exact) mass is 213 g/mol. The maximum Gasteiger partial charge on any atom is 0.320 e. The second-order valence-electron chi connectivity index (χ2n) is 3.29. The van der Waals surface area contributed by atoms with Crippen LogP contribution in [0, 0.1) is 6.92 Å². The number of carboxylic acids is 1. The Morgan fingerprint density at radius 2 is 2.40 bits per heavy atom. The summed E-state index contributed by atoms with van der Waals surface area (Å²) < 4.78 is 4.77. The molecule has 1 rings (SSSR count). The lowest BCUT2D eigenvalue weighted by Crippen LogP contribution is -2.36. The molecule has 1 aromatic rings. The molecule has 6 nitrogen and oxygen atoms in total. The van der Waals surface area contributed by atoms with Gasteiger partial charge in [0.2, 0.25) is 5.89 Å². The molecule has 1 heterocycles. The highest BCUT2D eigenvalue weighted by atomic mass is 16.5. The third-order valence-corrected chi connectivity index (χ3v) is 1.95. The molecule has 0 saturated heterocycles. The van der Waals surface area contributed by atoms with Crippen molar-refractivity contribution in [1.82, 2.24) is 15.5 Å². The Kier molecular flexibility index (Phi) is 4.23. The zero-order chi connectivity index (χ0) is 11.3. The predicted octanol–water partition coefficient (Wildman–Crippen LogP) is 0.721. The first-order valence-corrected chi connectivity index (χ1v) is 4.89. The lowest BCUT2D eigenvalue weighted by molar-refractivity contribution is -0.139. The van der Waals surface area contributed by atoms with Crippen LogP contribution in [-0.2, 0) is 11.3 Å². The molecule has 0 bridgehead atoms. The van der Waals surface area contributed by atoms with Crippen LogP contribution in [-0.4, -0.2) is 27.3 Å². The molecule has 0 aliphatic heterocycles. The van der Waals surface area contributed by atoms with Gasteiger partial charge in [-0.05, 0) is 6.42 Å². The van der Waals surface area contributed by atoms with Gasteiger partial charge in [-0.25, -0.2) is 0 Å². The number of aromatic nitrogens is 2. The molecule has 0 amide bonds. The van der Waals surface area contributed by atoms with Crippen molar-refractivity contribution >= 4 is 5.97 Å². The standard InChI is InChI=1S/C9H15N3O3/c1-3-4-7(9(13)14)10-5-8-11-6(2)15-12-8/h7,10H,3-5H2,1-2H3,(H,13,14). The fraction of sp³-hybridized carbons (Fsp3) is 0.667. The number of nitrogens with one attached hydrogen (secondary N) is 1. The molecule has 0 aliphatic carbocycles. The quantitative estimate of drug-likeness (QED) is 0.723. The minimum atomic E-state index is -0.850. The van der Waals surface area contributed by atoms with Gasteiger partial charge in [-0.15, -0.1) is 0 Å². The third-order valence-electron chi connectivity index (χ3n) is 1.95. The van der Waals surface area contributed by atoms with Crippen LogP contribution in [0.25, 0.3) is 0 Å². The first-order valence-electron chi connectivity index (χ1n) is 4.89. The van der Waals surface area contributed by atoms with E-state index in [-0.39, 0.29) is 0 Å². The number of carboxylic acid groups (broad SMARTS) is 1. The van der Waals surface area contributed by atoms with Gasteiger partial charge in [0.25, 0.3) is 0 Å². The van der Waals surface area contributed by atoms with Gasteiger partial charge in [-0.3, -0.25) is 10.1 Å². The molecule has 0 fully saturated rings. The zero-order valence-corrected chi connectivity index (χ0v) is 8.86. The van der Waals surface area contributed by atoms with Crippen LogP contribution in [0.2, 0.25) is 0 Å². The summed E-state index contributed by atoms with van der Waals surface area (Å²) in [7, 11) is 0. The average Bonchev–Trinajstić information content (AvgIpc) is 2.58. The maximum atomic E-state index is 10.8. The second-order valence-corrected chi connectivity index (χ2v) is 3.29. The van der Waals surface area contributed by atoms with Crippen molar-refractivity contribution in [2.45, 2.75) is 39.3 Å². The first kappa shape index (κ1) is 11.6. The maximum absolute atomic E-state index is 10.8. The number of hydrogen-bond acceptors (Lipinski definition) is 5. The van der Waals surface area contributed by atoms with Crippen LogP contribution in [0.5, 0.6) is 0 Å². The summed E-state index contributed by atoms with van der Waals surface area (Å²) >= 11 is 0. The summed E-state index contributed by atoms with van der Waals surface area (Å²) in [5.41, 5.74) is 0. The number of carbonyl (C=O) groups is 1. The predicted molar refractivity (Wildman–Crippen MR) is 52.2 cm³/mol. The van der Waals surface area contributed by atoms with Gasteiger partial charge in [-0.2, -0.15) is 4.98 Å². The molecular formula is C9H15N3O3. The van der Waals surface area contributed by atoms with E-state index in [2.05, 4.69) is 15.5 Å². The van der Waals surface area contributed by atoms with Gasteiger partial charge < -0.3 is 9.63 Å². The largest absolute Gasteiger partial charge is 0.480 e. The fourth-order valence-corrected chi connectivity index (χ4v) is 1.23. The molecule has 2 N–H and O–H groups in total. The van der Waals surface area contributed by atoms with E-state index in [9.17, 15) is 4.79 Å². The summed E-state index contributed by atoms with van der Waals surface area (Å²) in [6.07, 6.45) is 1.40. The molecule has 0 aliphatic rings. The van der Waals surface area contributed by atoms with Crippen LogP contribution in [0.4, 0.5) is 0 Å². The van der Waals surface area contributed by atoms with E-state index in [4.69, 9.17) is 9.63 Å². The van der Waals surface area contributed by atoms with Gasteiger partial charge >= 0.3 is 5.97 Å². The highest BCUT2D eigenvalue weighted by Gasteiger charge is 2.16. The van der Waals surface area contributed by atoms with Crippen LogP contribution < -0.4 is 5.32 Å². The Balaban J connectivity index is 2.43. The molecule has 84 valence electrons. The van der Waals surface area contributed by atoms with E-state index in [0.29, 0.717) is 24.7 Å².